The van der Waals surface area contributed by atoms with Crippen LogP contribution >= 0.6 is 0 Å². The molecule has 0 amide bonds. The smallest absolute Gasteiger partial charge is 0.123 e. The number of rotatable bonds is 6. The number of halogens is 2. The lowest BCUT2D eigenvalue weighted by Gasteiger charge is -2.31. The molecule has 0 radical (unpaired) electrons. The number of ether oxygens (including phenoxy) is 1. The molecule has 2 nitrogen and oxygen atoms in total. The highest BCUT2D eigenvalue weighted by Gasteiger charge is 2.49. The number of carbonyl (C=O) groups excluding carboxylic acids is 1. The summed E-state index contributed by atoms with van der Waals surface area (Å²) in [5.41, 5.74) is -1.39. The van der Waals surface area contributed by atoms with Crippen LogP contribution in [0.15, 0.2) is 18.2 Å². The highest BCUT2D eigenvalue weighted by Crippen LogP contribution is 2.51. The van der Waals surface area contributed by atoms with Crippen molar-refractivity contribution in [2.45, 2.75) is 43.7 Å². The normalized spacial score (nSPS) is 19.6. The molecule has 0 bridgehead atoms. The third-order valence-corrected chi connectivity index (χ3v) is 3.85. The highest BCUT2D eigenvalue weighted by molar-refractivity contribution is 5.55. The van der Waals surface area contributed by atoms with E-state index in [1.807, 2.05) is 0 Å². The van der Waals surface area contributed by atoms with Crippen LogP contribution in [0.3, 0.4) is 0 Å². The fourth-order valence-electron chi connectivity index (χ4n) is 2.62. The number of alkyl halides is 1. The van der Waals surface area contributed by atoms with E-state index in [1.54, 1.807) is 6.92 Å². The number of aldehydes is 1. The molecule has 1 aliphatic carbocycles. The lowest BCUT2D eigenvalue weighted by atomic mass is 9.74. The molecule has 0 N–H and O–H groups in total. The second-order valence-corrected chi connectivity index (χ2v) is 5.60. The lowest BCUT2D eigenvalue weighted by Crippen LogP contribution is -2.28. The Morgan fingerprint density at radius 3 is 2.68 bits per heavy atom. The summed E-state index contributed by atoms with van der Waals surface area (Å²) in [5, 5.41) is 0. The maximum atomic E-state index is 14.1. The molecule has 0 heterocycles. The van der Waals surface area contributed by atoms with E-state index in [0.29, 0.717) is 24.2 Å². The Hall–Kier alpha value is -1.45. The summed E-state index contributed by atoms with van der Waals surface area (Å²) < 4.78 is 32.8. The molecule has 1 fully saturated rings. The van der Waals surface area contributed by atoms with Gasteiger partial charge < -0.3 is 9.53 Å². The Labute approximate surface area is 111 Å². The Bertz CT molecular complexity index is 483. The van der Waals surface area contributed by atoms with Crippen LogP contribution in [-0.4, -0.2) is 19.1 Å². The van der Waals surface area contributed by atoms with Crippen molar-refractivity contribution in [3.05, 3.63) is 29.6 Å². The summed E-state index contributed by atoms with van der Waals surface area (Å²) >= 11 is 0. The summed E-state index contributed by atoms with van der Waals surface area (Å²) in [7, 11) is 1.49. The van der Waals surface area contributed by atoms with Gasteiger partial charge in [-0.15, -0.1) is 0 Å². The molecular formula is C15H18F2O2. The summed E-state index contributed by atoms with van der Waals surface area (Å²) in [6.07, 6.45) is 2.16. The molecule has 1 aliphatic rings. The minimum absolute atomic E-state index is 0.151. The monoisotopic (exact) mass is 268 g/mol. The molecule has 19 heavy (non-hydrogen) atoms. The minimum atomic E-state index is -1.21. The zero-order valence-corrected chi connectivity index (χ0v) is 11.2. The van der Waals surface area contributed by atoms with E-state index in [4.69, 9.17) is 4.74 Å². The summed E-state index contributed by atoms with van der Waals surface area (Å²) in [4.78, 5) is 10.9. The number of hydrogen-bond acceptors (Lipinski definition) is 2. The fourth-order valence-corrected chi connectivity index (χ4v) is 2.62. The Morgan fingerprint density at radius 2 is 2.16 bits per heavy atom. The maximum Gasteiger partial charge on any atom is 0.123 e. The van der Waals surface area contributed by atoms with Crippen molar-refractivity contribution < 1.29 is 18.3 Å². The van der Waals surface area contributed by atoms with Gasteiger partial charge in [-0.25, -0.2) is 8.78 Å². The zero-order valence-electron chi connectivity index (χ0n) is 11.2. The third kappa shape index (κ3) is 2.94. The SMILES string of the molecule is COc1ccc(F)cc1C(C)(CC=O)CC1(F)CC1. The maximum absolute atomic E-state index is 14.1. The molecule has 1 aromatic rings. The first-order chi connectivity index (χ1) is 8.92. The van der Waals surface area contributed by atoms with Crippen molar-refractivity contribution in [2.75, 3.05) is 7.11 Å². The molecule has 0 saturated heterocycles. The van der Waals surface area contributed by atoms with Crippen LogP contribution in [-0.2, 0) is 10.2 Å². The second kappa shape index (κ2) is 4.91. The first-order valence-corrected chi connectivity index (χ1v) is 6.39. The van der Waals surface area contributed by atoms with E-state index >= 15 is 0 Å². The molecule has 1 saturated carbocycles. The second-order valence-electron chi connectivity index (χ2n) is 5.60. The van der Waals surface area contributed by atoms with Gasteiger partial charge in [0.25, 0.3) is 0 Å². The molecule has 1 aromatic carbocycles. The topological polar surface area (TPSA) is 26.3 Å². The van der Waals surface area contributed by atoms with Crippen LogP contribution in [0, 0.1) is 5.82 Å². The predicted octanol–water partition coefficient (Wildman–Crippen LogP) is 3.57. The van der Waals surface area contributed by atoms with Gasteiger partial charge in [-0.2, -0.15) is 0 Å². The molecule has 0 spiro atoms. The molecule has 1 unspecified atom stereocenters. The van der Waals surface area contributed by atoms with Crippen molar-refractivity contribution >= 4 is 6.29 Å². The van der Waals surface area contributed by atoms with E-state index in [0.717, 1.165) is 6.29 Å². The van der Waals surface area contributed by atoms with Crippen LogP contribution in [0.25, 0.3) is 0 Å². The van der Waals surface area contributed by atoms with Crippen molar-refractivity contribution in [3.63, 3.8) is 0 Å². The Kier molecular flexibility index (Phi) is 3.61. The van der Waals surface area contributed by atoms with Crippen molar-refractivity contribution in [2.24, 2.45) is 0 Å². The quantitative estimate of drug-likeness (QED) is 0.737. The van der Waals surface area contributed by atoms with Gasteiger partial charge in [-0.05, 0) is 37.5 Å². The average molecular weight is 268 g/mol. The molecule has 2 rings (SSSR count). The van der Waals surface area contributed by atoms with Gasteiger partial charge in [0.05, 0.1) is 7.11 Å². The van der Waals surface area contributed by atoms with E-state index in [9.17, 15) is 13.6 Å². The van der Waals surface area contributed by atoms with E-state index in [2.05, 4.69) is 0 Å². The molecule has 1 atom stereocenters. The summed E-state index contributed by atoms with van der Waals surface area (Å²) in [5.74, 6) is 0.0895. The van der Waals surface area contributed by atoms with Crippen LogP contribution in [0.1, 0.15) is 38.2 Å². The van der Waals surface area contributed by atoms with Crippen molar-refractivity contribution in [3.8, 4) is 5.75 Å². The molecule has 0 aromatic heterocycles. The van der Waals surface area contributed by atoms with Gasteiger partial charge in [-0.1, -0.05) is 6.92 Å². The van der Waals surface area contributed by atoms with E-state index in [-0.39, 0.29) is 12.8 Å². The van der Waals surface area contributed by atoms with E-state index in [1.165, 1.54) is 25.3 Å². The van der Waals surface area contributed by atoms with Crippen LogP contribution < -0.4 is 4.74 Å². The lowest BCUT2D eigenvalue weighted by molar-refractivity contribution is -0.109. The van der Waals surface area contributed by atoms with Gasteiger partial charge in [0.1, 0.15) is 23.5 Å². The minimum Gasteiger partial charge on any atom is -0.496 e. The average Bonchev–Trinajstić information content (AvgIpc) is 3.06. The number of carbonyl (C=O) groups is 1. The summed E-state index contributed by atoms with van der Waals surface area (Å²) in [6, 6.07) is 4.16. The zero-order chi connectivity index (χ0) is 14.1. The van der Waals surface area contributed by atoms with Crippen LogP contribution in [0.5, 0.6) is 5.75 Å². The molecule has 0 aliphatic heterocycles. The molecule has 4 heteroatoms. The fraction of sp³-hybridized carbons (Fsp3) is 0.533. The number of hydrogen-bond donors (Lipinski definition) is 0. The Balaban J connectivity index is 2.42. The van der Waals surface area contributed by atoms with Crippen molar-refractivity contribution in [1.29, 1.82) is 0 Å². The van der Waals surface area contributed by atoms with Crippen LogP contribution in [0.4, 0.5) is 8.78 Å². The van der Waals surface area contributed by atoms with Crippen LogP contribution in [0.2, 0.25) is 0 Å². The first-order valence-electron chi connectivity index (χ1n) is 6.39. The van der Waals surface area contributed by atoms with Gasteiger partial charge in [0, 0.05) is 17.4 Å². The molecular weight excluding hydrogens is 250 g/mol. The van der Waals surface area contributed by atoms with Gasteiger partial charge in [-0.3, -0.25) is 0 Å². The predicted molar refractivity (Wildman–Crippen MR) is 68.7 cm³/mol. The van der Waals surface area contributed by atoms with E-state index < -0.39 is 16.9 Å². The standard InChI is InChI=1S/C15H18F2O2/c1-14(7-8-18,10-15(17)5-6-15)12-9-11(16)3-4-13(12)19-2/h3-4,8-9H,5-7,10H2,1-2H3. The third-order valence-electron chi connectivity index (χ3n) is 3.85. The number of methoxy groups -OCH3 is 1. The first kappa shape index (κ1) is 14.0. The number of benzene rings is 1. The largest absolute Gasteiger partial charge is 0.496 e. The van der Waals surface area contributed by atoms with Gasteiger partial charge in [0.15, 0.2) is 0 Å². The molecule has 104 valence electrons. The Morgan fingerprint density at radius 1 is 1.47 bits per heavy atom. The van der Waals surface area contributed by atoms with Crippen molar-refractivity contribution in [1.82, 2.24) is 0 Å². The van der Waals surface area contributed by atoms with Gasteiger partial charge in [0.2, 0.25) is 0 Å². The highest BCUT2D eigenvalue weighted by atomic mass is 19.1. The summed E-state index contributed by atoms with van der Waals surface area (Å²) in [6.45, 7) is 1.79. The van der Waals surface area contributed by atoms with Gasteiger partial charge >= 0.3 is 0 Å².